The van der Waals surface area contributed by atoms with Gasteiger partial charge in [-0.15, -0.1) is 0 Å². The number of primary sulfonamides is 1. The lowest BCUT2D eigenvalue weighted by atomic mass is 9.89. The van der Waals surface area contributed by atoms with Crippen LogP contribution in [-0.2, 0) is 55.2 Å². The number of alkyl halides is 3. The lowest BCUT2D eigenvalue weighted by Gasteiger charge is -2.21. The number of rotatable bonds is 10. The van der Waals surface area contributed by atoms with E-state index in [9.17, 15) is 60.4 Å². The predicted molar refractivity (Wildman–Crippen MR) is 366 cm³/mol. The van der Waals surface area contributed by atoms with Crippen molar-refractivity contribution in [2.45, 2.75) is 44.5 Å². The highest BCUT2D eigenvalue weighted by atomic mass is 32.2. The van der Waals surface area contributed by atoms with Crippen molar-refractivity contribution in [3.8, 4) is 68.9 Å². The predicted octanol–water partition coefficient (Wildman–Crippen LogP) is 11.2. The molecule has 0 bridgehead atoms. The first-order valence-corrected chi connectivity index (χ1v) is 37.3. The van der Waals surface area contributed by atoms with E-state index in [4.69, 9.17) is 5.14 Å². The molecule has 97 heavy (non-hydrogen) atoms. The van der Waals surface area contributed by atoms with Crippen LogP contribution in [0.5, 0.6) is 0 Å². The summed E-state index contributed by atoms with van der Waals surface area (Å²) in [6.07, 6.45) is 3.44. The highest BCUT2D eigenvalue weighted by Gasteiger charge is 2.46. The van der Waals surface area contributed by atoms with E-state index in [0.717, 1.165) is 40.2 Å². The second-order valence-electron chi connectivity index (χ2n) is 22.3. The average Bonchev–Trinajstić information content (AvgIpc) is 1.68. The number of sulfonamides is 2. The zero-order valence-electron chi connectivity index (χ0n) is 51.7. The Kier molecular flexibility index (Phi) is 19.4. The first kappa shape index (κ1) is 69.2. The summed E-state index contributed by atoms with van der Waals surface area (Å²) >= 11 is 0. The number of H-pyrrole nitrogens is 3. The van der Waals surface area contributed by atoms with Crippen molar-refractivity contribution in [1.29, 1.82) is 0 Å². The third kappa shape index (κ3) is 17.1. The molecular weight excluding hydrogens is 1350 g/mol. The fourth-order valence-corrected chi connectivity index (χ4v) is 12.9. The van der Waals surface area contributed by atoms with Crippen molar-refractivity contribution >= 4 is 88.3 Å². The number of para-hydroxylation sites is 1. The minimum atomic E-state index is -5.59. The molecule has 12 aromatic rings. The average molecular weight is 1400 g/mol. The summed E-state index contributed by atoms with van der Waals surface area (Å²) in [5, 5.41) is 15.9. The van der Waals surface area contributed by atoms with Crippen molar-refractivity contribution in [2.24, 2.45) is 5.14 Å². The fourth-order valence-electron chi connectivity index (χ4n) is 9.71. The number of nitrogens with two attached hydrogens (primary N) is 1. The smallest absolute Gasteiger partial charge is 0.386 e. The topological polar surface area (TPSA) is 315 Å². The number of halogens is 3. The van der Waals surface area contributed by atoms with Crippen molar-refractivity contribution in [1.82, 2.24) is 29.9 Å². The molecule has 3 heterocycles. The van der Waals surface area contributed by atoms with Gasteiger partial charge in [0.15, 0.2) is 47.0 Å². The highest BCUT2D eigenvalue weighted by Crippen LogP contribution is 2.36. The van der Waals surface area contributed by atoms with Gasteiger partial charge in [-0.1, -0.05) is 96.6 Å². The SMILES string of the molecule is CC(C)(O)c1ccccc1-c1ccc2nc(C#Cc3ccc(S(C)(=O)=O)cc3)[nH]c2c1.CS(=O)(=O)c1ccc(C#Cc2nc3ccc(-c4ccccc4NS(=O)(=O)C(F)(F)F)cc3[nH]2)cc1.CS(=O)(=O)c1ccc(C#Cc2nc3ccc(-c4ccccc4S(N)(=O)=O)cc3[nH]2)cc1. The molecule has 27 heteroatoms. The van der Waals surface area contributed by atoms with E-state index in [1.54, 1.807) is 128 Å². The number of sulfone groups is 3. The van der Waals surface area contributed by atoms with Gasteiger partial charge in [-0.2, -0.15) is 21.6 Å². The minimum absolute atomic E-state index is 0.0476. The number of anilines is 1. The summed E-state index contributed by atoms with van der Waals surface area (Å²) in [6.45, 7) is 3.55. The molecule has 12 rings (SSSR count). The molecule has 7 N–H and O–H groups in total. The van der Waals surface area contributed by atoms with E-state index in [-0.39, 0.29) is 30.8 Å². The Bertz CT molecular complexity index is 5860. The van der Waals surface area contributed by atoms with Crippen LogP contribution in [0.25, 0.3) is 66.5 Å². The molecular formula is C70H55F3N8O11S5. The highest BCUT2D eigenvalue weighted by molar-refractivity contribution is 7.93. The van der Waals surface area contributed by atoms with Gasteiger partial charge in [-0.05, 0) is 181 Å². The maximum absolute atomic E-state index is 12.8. The number of hydrogen-bond acceptors (Lipinski definition) is 14. The molecule has 0 spiro atoms. The van der Waals surface area contributed by atoms with Crippen LogP contribution < -0.4 is 9.86 Å². The van der Waals surface area contributed by atoms with Crippen LogP contribution >= 0.6 is 0 Å². The van der Waals surface area contributed by atoms with Crippen LogP contribution in [0.3, 0.4) is 0 Å². The second kappa shape index (κ2) is 27.2. The van der Waals surface area contributed by atoms with E-state index in [1.807, 2.05) is 42.5 Å². The zero-order valence-corrected chi connectivity index (χ0v) is 55.8. The monoisotopic (exact) mass is 1400 g/mol. The van der Waals surface area contributed by atoms with Crippen LogP contribution in [0.15, 0.2) is 220 Å². The molecule has 0 radical (unpaired) electrons. The molecule has 3 aromatic heterocycles. The van der Waals surface area contributed by atoms with Crippen molar-refractivity contribution in [2.75, 3.05) is 23.5 Å². The molecule has 0 saturated carbocycles. The van der Waals surface area contributed by atoms with E-state index < -0.39 is 60.7 Å². The molecule has 0 saturated heterocycles. The fraction of sp³-hybridized carbons (Fsp3) is 0.100. The maximum Gasteiger partial charge on any atom is 0.516 e. The van der Waals surface area contributed by atoms with Gasteiger partial charge in [0.1, 0.15) is 0 Å². The lowest BCUT2D eigenvalue weighted by Crippen LogP contribution is -2.30. The molecule has 0 fully saturated rings. The Morgan fingerprint density at radius 3 is 1.11 bits per heavy atom. The third-order valence-electron chi connectivity index (χ3n) is 14.5. The maximum atomic E-state index is 12.8. The normalized spacial score (nSPS) is 12.0. The quantitative estimate of drug-likeness (QED) is 0.0694. The number of nitrogens with one attached hydrogen (secondary N) is 4. The number of fused-ring (bicyclic) bond motifs is 3. The largest absolute Gasteiger partial charge is 0.516 e. The van der Waals surface area contributed by atoms with Gasteiger partial charge in [-0.3, -0.25) is 4.72 Å². The molecule has 0 amide bonds. The number of imidazole rings is 3. The van der Waals surface area contributed by atoms with Gasteiger partial charge in [0, 0.05) is 46.6 Å². The number of aliphatic hydroxyl groups is 1. The van der Waals surface area contributed by atoms with Gasteiger partial charge in [0.05, 0.1) is 64.0 Å². The summed E-state index contributed by atoms with van der Waals surface area (Å²) in [5.41, 5.74) is 4.05. The first-order chi connectivity index (χ1) is 45.6. The Labute approximate surface area is 557 Å². The zero-order chi connectivity index (χ0) is 69.9. The lowest BCUT2D eigenvalue weighted by molar-refractivity contribution is -0.0429. The molecule has 0 aliphatic carbocycles. The van der Waals surface area contributed by atoms with Crippen molar-refractivity contribution < 1.29 is 60.4 Å². The summed E-state index contributed by atoms with van der Waals surface area (Å²) in [4.78, 5) is 23.3. The van der Waals surface area contributed by atoms with Crippen molar-refractivity contribution in [3.05, 3.63) is 240 Å². The van der Waals surface area contributed by atoms with Gasteiger partial charge in [-0.25, -0.2) is 53.8 Å². The second-order valence-corrected chi connectivity index (χ2v) is 31.6. The number of aromatic amines is 3. The number of nitrogens with zero attached hydrogens (tertiary/aromatic N) is 3. The molecule has 0 aliphatic rings. The Hall–Kier alpha value is -10.7. The van der Waals surface area contributed by atoms with E-state index in [1.165, 1.54) is 54.8 Å². The number of hydrogen-bond donors (Lipinski definition) is 6. The summed E-state index contributed by atoms with van der Waals surface area (Å²) in [5.74, 6) is 18.9. The van der Waals surface area contributed by atoms with Gasteiger partial charge in [0.2, 0.25) is 10.0 Å². The standard InChI is InChI=1S/C25H22N2O3S.C23H16F3N3O4S2.C22H17N3O4S2/c1-25(2,28)21-7-5-4-6-20(21)18-11-14-22-23(16-18)27-24(26-22)15-10-17-8-12-19(13-9-17)31(3,29)30;1-34(30,31)17-10-6-15(7-11-17)8-13-22-27-20-12-9-16(14-21(20)28-22)18-4-2-3-5-19(18)29-35(32,33)23(24,25)26;1-30(26,27)17-10-6-15(7-11-17)8-13-22-24-19-12-9-16(14-20(19)25-22)18-4-2-3-5-21(18)31(23,28)29/h4-9,11-14,16,28H,1-3H3,(H,26,27);2-7,9-12,14,29H,1H3,(H,27,28);2-7,9-12,14H,1H3,(H,24,25)(H2,23,28,29). The van der Waals surface area contributed by atoms with Crippen LogP contribution in [0.4, 0.5) is 18.9 Å². The molecule has 0 atom stereocenters. The Balaban J connectivity index is 0.000000158. The van der Waals surface area contributed by atoms with Gasteiger partial charge in [0.25, 0.3) is 0 Å². The first-order valence-electron chi connectivity index (χ1n) is 28.6. The summed E-state index contributed by atoms with van der Waals surface area (Å²) < 4.78 is 156. The molecule has 492 valence electrons. The Morgan fingerprint density at radius 2 is 0.753 bits per heavy atom. The van der Waals surface area contributed by atoms with E-state index in [2.05, 4.69) is 65.4 Å². The third-order valence-corrected chi connectivity index (χ3v) is 19.9. The summed E-state index contributed by atoms with van der Waals surface area (Å²) in [6, 6.07) is 54.9. The van der Waals surface area contributed by atoms with Crippen LogP contribution in [-0.4, -0.2) is 101 Å². The van der Waals surface area contributed by atoms with E-state index in [0.29, 0.717) is 72.9 Å². The van der Waals surface area contributed by atoms with Crippen LogP contribution in [0.1, 0.15) is 53.6 Å². The van der Waals surface area contributed by atoms with Gasteiger partial charge >= 0.3 is 15.5 Å². The molecule has 19 nitrogen and oxygen atoms in total. The molecule has 0 aliphatic heterocycles. The number of benzene rings is 9. The molecule has 0 unspecified atom stereocenters. The van der Waals surface area contributed by atoms with Gasteiger partial charge < -0.3 is 20.1 Å². The van der Waals surface area contributed by atoms with Crippen molar-refractivity contribution in [3.63, 3.8) is 0 Å². The minimum Gasteiger partial charge on any atom is -0.386 e. The summed E-state index contributed by atoms with van der Waals surface area (Å²) in [7, 11) is -19.2. The van der Waals surface area contributed by atoms with Crippen LogP contribution in [0, 0.1) is 35.5 Å². The number of aromatic nitrogens is 6. The molecule has 9 aromatic carbocycles. The Morgan fingerprint density at radius 1 is 0.423 bits per heavy atom. The van der Waals surface area contributed by atoms with E-state index >= 15 is 0 Å². The van der Waals surface area contributed by atoms with Crippen LogP contribution in [0.2, 0.25) is 0 Å².